The van der Waals surface area contributed by atoms with Gasteiger partial charge in [0.25, 0.3) is 0 Å². The smallest absolute Gasteiger partial charge is 0.119 e. The molecule has 0 bridgehead atoms. The molecule has 3 nitrogen and oxygen atoms in total. The standard InChI is InChI=1S/C16H19NO2/c1-12-10-14(19-2)6-7-15(12)16(18)8-5-13-4-3-9-17-11-13/h3-4,6-7,9-11,16,18H,5,8H2,1-2H3. The second kappa shape index (κ2) is 6.34. The number of pyridine rings is 1. The zero-order valence-corrected chi connectivity index (χ0v) is 11.3. The van der Waals surface area contributed by atoms with Crippen LogP contribution in [0.1, 0.15) is 29.2 Å². The molecule has 3 heteroatoms. The molecule has 0 radical (unpaired) electrons. The predicted octanol–water partition coefficient (Wildman–Crippen LogP) is 3.06. The summed E-state index contributed by atoms with van der Waals surface area (Å²) in [6.07, 6.45) is 4.66. The van der Waals surface area contributed by atoms with E-state index in [9.17, 15) is 5.11 Å². The number of aliphatic hydroxyl groups excluding tert-OH is 1. The van der Waals surface area contributed by atoms with Crippen LogP contribution in [0.3, 0.4) is 0 Å². The van der Waals surface area contributed by atoms with Crippen molar-refractivity contribution in [2.75, 3.05) is 7.11 Å². The Hall–Kier alpha value is -1.87. The fourth-order valence-electron chi connectivity index (χ4n) is 2.15. The summed E-state index contributed by atoms with van der Waals surface area (Å²) in [7, 11) is 1.65. The minimum absolute atomic E-state index is 0.453. The van der Waals surface area contributed by atoms with Gasteiger partial charge in [-0.15, -0.1) is 0 Å². The van der Waals surface area contributed by atoms with Gasteiger partial charge in [-0.25, -0.2) is 0 Å². The third kappa shape index (κ3) is 3.55. The number of aromatic nitrogens is 1. The van der Waals surface area contributed by atoms with Crippen molar-refractivity contribution < 1.29 is 9.84 Å². The zero-order valence-electron chi connectivity index (χ0n) is 11.3. The van der Waals surface area contributed by atoms with Gasteiger partial charge in [0.05, 0.1) is 13.2 Å². The van der Waals surface area contributed by atoms with E-state index in [1.165, 1.54) is 0 Å². The molecule has 19 heavy (non-hydrogen) atoms. The Balaban J connectivity index is 2.02. The Labute approximate surface area is 113 Å². The fourth-order valence-corrected chi connectivity index (χ4v) is 2.15. The third-order valence-electron chi connectivity index (χ3n) is 3.27. The third-order valence-corrected chi connectivity index (χ3v) is 3.27. The van der Waals surface area contributed by atoms with Gasteiger partial charge in [0.15, 0.2) is 0 Å². The highest BCUT2D eigenvalue weighted by Crippen LogP contribution is 2.25. The molecule has 1 N–H and O–H groups in total. The highest BCUT2D eigenvalue weighted by atomic mass is 16.5. The van der Waals surface area contributed by atoms with Gasteiger partial charge in [0, 0.05) is 12.4 Å². The minimum atomic E-state index is -0.453. The van der Waals surface area contributed by atoms with E-state index in [0.717, 1.165) is 28.9 Å². The van der Waals surface area contributed by atoms with Crippen LogP contribution in [-0.4, -0.2) is 17.2 Å². The number of aliphatic hydroxyl groups is 1. The van der Waals surface area contributed by atoms with E-state index in [-0.39, 0.29) is 0 Å². The number of aryl methyl sites for hydroxylation is 2. The summed E-state index contributed by atoms with van der Waals surface area (Å²) in [6.45, 7) is 1.99. The molecule has 1 unspecified atom stereocenters. The van der Waals surface area contributed by atoms with Gasteiger partial charge in [-0.3, -0.25) is 4.98 Å². The van der Waals surface area contributed by atoms with E-state index in [1.54, 1.807) is 13.3 Å². The summed E-state index contributed by atoms with van der Waals surface area (Å²) >= 11 is 0. The first kappa shape index (κ1) is 13.6. The van der Waals surface area contributed by atoms with Crippen LogP contribution in [0.25, 0.3) is 0 Å². The number of methoxy groups -OCH3 is 1. The molecule has 0 saturated heterocycles. The molecular formula is C16H19NO2. The number of nitrogens with zero attached hydrogens (tertiary/aromatic N) is 1. The lowest BCUT2D eigenvalue weighted by Gasteiger charge is -2.14. The van der Waals surface area contributed by atoms with Crippen molar-refractivity contribution in [3.8, 4) is 5.75 Å². The van der Waals surface area contributed by atoms with Crippen LogP contribution < -0.4 is 4.74 Å². The van der Waals surface area contributed by atoms with Crippen molar-refractivity contribution in [2.45, 2.75) is 25.9 Å². The van der Waals surface area contributed by atoms with Crippen molar-refractivity contribution in [3.05, 3.63) is 59.4 Å². The number of hydrogen-bond donors (Lipinski definition) is 1. The molecule has 0 amide bonds. The SMILES string of the molecule is COc1ccc(C(O)CCc2cccnc2)c(C)c1. The summed E-state index contributed by atoms with van der Waals surface area (Å²) in [5.41, 5.74) is 3.16. The Bertz CT molecular complexity index is 526. The van der Waals surface area contributed by atoms with E-state index in [2.05, 4.69) is 4.98 Å². The van der Waals surface area contributed by atoms with Crippen molar-refractivity contribution in [2.24, 2.45) is 0 Å². The molecule has 100 valence electrons. The molecule has 0 fully saturated rings. The lowest BCUT2D eigenvalue weighted by molar-refractivity contribution is 0.167. The predicted molar refractivity (Wildman–Crippen MR) is 75.2 cm³/mol. The number of hydrogen-bond acceptors (Lipinski definition) is 3. The van der Waals surface area contributed by atoms with Crippen LogP contribution in [0.15, 0.2) is 42.7 Å². The van der Waals surface area contributed by atoms with E-state index in [4.69, 9.17) is 4.74 Å². The topological polar surface area (TPSA) is 42.4 Å². The number of rotatable bonds is 5. The second-order valence-electron chi connectivity index (χ2n) is 4.64. The normalized spacial score (nSPS) is 12.2. The van der Waals surface area contributed by atoms with Crippen molar-refractivity contribution >= 4 is 0 Å². The molecule has 0 saturated carbocycles. The average molecular weight is 257 g/mol. The highest BCUT2D eigenvalue weighted by molar-refractivity contribution is 5.36. The quantitative estimate of drug-likeness (QED) is 0.895. The van der Waals surface area contributed by atoms with Gasteiger partial charge >= 0.3 is 0 Å². The van der Waals surface area contributed by atoms with Crippen LogP contribution in [0.5, 0.6) is 5.75 Å². The summed E-state index contributed by atoms with van der Waals surface area (Å²) in [5, 5.41) is 10.3. The van der Waals surface area contributed by atoms with Gasteiger partial charge in [0.2, 0.25) is 0 Å². The molecule has 1 aromatic heterocycles. The summed E-state index contributed by atoms with van der Waals surface area (Å²) in [6, 6.07) is 9.71. The van der Waals surface area contributed by atoms with Gasteiger partial charge < -0.3 is 9.84 Å². The molecule has 0 spiro atoms. The Kier molecular flexibility index (Phi) is 4.53. The maximum Gasteiger partial charge on any atom is 0.119 e. The van der Waals surface area contributed by atoms with Crippen molar-refractivity contribution in [1.29, 1.82) is 0 Å². The van der Waals surface area contributed by atoms with E-state index in [1.807, 2.05) is 43.5 Å². The van der Waals surface area contributed by atoms with Crippen LogP contribution in [0, 0.1) is 6.92 Å². The molecule has 0 aliphatic rings. The molecule has 1 aromatic carbocycles. The van der Waals surface area contributed by atoms with Crippen molar-refractivity contribution in [1.82, 2.24) is 4.98 Å². The molecule has 1 atom stereocenters. The zero-order chi connectivity index (χ0) is 13.7. The van der Waals surface area contributed by atoms with Crippen LogP contribution in [-0.2, 0) is 6.42 Å². The molecule has 2 aromatic rings. The highest BCUT2D eigenvalue weighted by Gasteiger charge is 2.11. The molecule has 1 heterocycles. The van der Waals surface area contributed by atoms with Crippen LogP contribution in [0.4, 0.5) is 0 Å². The molecule has 0 aliphatic heterocycles. The first-order valence-corrected chi connectivity index (χ1v) is 6.42. The first-order valence-electron chi connectivity index (χ1n) is 6.42. The van der Waals surface area contributed by atoms with Gasteiger partial charge in [-0.1, -0.05) is 12.1 Å². The average Bonchev–Trinajstić information content (AvgIpc) is 2.45. The van der Waals surface area contributed by atoms with Crippen LogP contribution in [0.2, 0.25) is 0 Å². The fraction of sp³-hybridized carbons (Fsp3) is 0.312. The Morgan fingerprint density at radius 2 is 2.16 bits per heavy atom. The summed E-state index contributed by atoms with van der Waals surface area (Å²) < 4.78 is 5.17. The number of benzene rings is 1. The summed E-state index contributed by atoms with van der Waals surface area (Å²) in [5.74, 6) is 0.820. The van der Waals surface area contributed by atoms with Crippen molar-refractivity contribution in [3.63, 3.8) is 0 Å². The van der Waals surface area contributed by atoms with Gasteiger partial charge in [0.1, 0.15) is 5.75 Å². The molecular weight excluding hydrogens is 238 g/mol. The largest absolute Gasteiger partial charge is 0.497 e. The maximum atomic E-state index is 10.3. The van der Waals surface area contributed by atoms with Gasteiger partial charge in [-0.05, 0) is 54.7 Å². The maximum absolute atomic E-state index is 10.3. The molecule has 0 aliphatic carbocycles. The van der Waals surface area contributed by atoms with E-state index in [0.29, 0.717) is 6.42 Å². The molecule has 2 rings (SSSR count). The Morgan fingerprint density at radius 3 is 2.79 bits per heavy atom. The minimum Gasteiger partial charge on any atom is -0.497 e. The monoisotopic (exact) mass is 257 g/mol. The lowest BCUT2D eigenvalue weighted by atomic mass is 9.98. The van der Waals surface area contributed by atoms with E-state index < -0.39 is 6.10 Å². The Morgan fingerprint density at radius 1 is 1.32 bits per heavy atom. The second-order valence-corrected chi connectivity index (χ2v) is 4.64. The first-order chi connectivity index (χ1) is 9.20. The number of ether oxygens (including phenoxy) is 1. The summed E-state index contributed by atoms with van der Waals surface area (Å²) in [4.78, 5) is 4.08. The van der Waals surface area contributed by atoms with Crippen LogP contribution >= 0.6 is 0 Å². The van der Waals surface area contributed by atoms with Gasteiger partial charge in [-0.2, -0.15) is 0 Å². The lowest BCUT2D eigenvalue weighted by Crippen LogP contribution is -2.02. The van der Waals surface area contributed by atoms with E-state index >= 15 is 0 Å².